The fourth-order valence-electron chi connectivity index (χ4n) is 37.7. The Kier molecular flexibility index (Phi) is 22.6. The van der Waals surface area contributed by atoms with E-state index in [2.05, 4.69) is 61.1 Å². The lowest BCUT2D eigenvalue weighted by atomic mass is 9.18. The van der Waals surface area contributed by atoms with Gasteiger partial charge in [-0.2, -0.15) is 0 Å². The fourth-order valence-corrected chi connectivity index (χ4v) is 37.7. The van der Waals surface area contributed by atoms with Crippen LogP contribution in [0.5, 0.6) is 0 Å². The second kappa shape index (κ2) is 32.0. The van der Waals surface area contributed by atoms with Crippen molar-refractivity contribution in [2.45, 2.75) is 510 Å². The Hall–Kier alpha value is -0.0951. The number of hydrogen-bond acceptors (Lipinski definition) is 4. The Balaban J connectivity index is 0.709. The number of rotatable bonds is 11. The molecule has 20 aliphatic rings. The zero-order chi connectivity index (χ0) is 71.8. The largest absolute Gasteiger partial charge is 0.295 e. The Morgan fingerprint density at radius 2 is 0.579 bits per heavy atom. The van der Waals surface area contributed by atoms with Crippen LogP contribution in [0.1, 0.15) is 420 Å². The van der Waals surface area contributed by atoms with Crippen molar-refractivity contribution in [3.8, 4) is 0 Å². The van der Waals surface area contributed by atoms with E-state index in [-0.39, 0.29) is 0 Å². The molecule has 0 aromatic carbocycles. The topological polar surface area (TPSA) is 13.0 Å². The zero-order valence-electron chi connectivity index (χ0n) is 71.3. The minimum atomic E-state index is 0.436. The molecule has 0 aromatic rings. The summed E-state index contributed by atoms with van der Waals surface area (Å²) >= 11 is 0. The highest BCUT2D eigenvalue weighted by Gasteiger charge is 2.69. The van der Waals surface area contributed by atoms with E-state index in [1.807, 2.05) is 0 Å². The van der Waals surface area contributed by atoms with Crippen molar-refractivity contribution in [2.24, 2.45) is 129 Å². The van der Waals surface area contributed by atoms with Crippen LogP contribution in [0.15, 0.2) is 0 Å². The number of fused-ring (bicyclic) bond motifs is 7. The monoisotopic (exact) mass is 1460 g/mol. The summed E-state index contributed by atoms with van der Waals surface area (Å²) in [4.78, 5) is 14.9. The first-order valence-electron chi connectivity index (χ1n) is 51.4. The summed E-state index contributed by atoms with van der Waals surface area (Å²) in [6, 6.07) is 10.2. The van der Waals surface area contributed by atoms with Gasteiger partial charge >= 0.3 is 0 Å². The third-order valence-corrected chi connectivity index (χ3v) is 42.2. The smallest absolute Gasteiger partial charge is 0.156 e. The molecule has 3 saturated heterocycles. The summed E-state index contributed by atoms with van der Waals surface area (Å²) in [5.41, 5.74) is 0.886. The lowest BCUT2D eigenvalue weighted by molar-refractivity contribution is -0.155. The molecule has 3 aliphatic heterocycles. The van der Waals surface area contributed by atoms with Crippen molar-refractivity contribution in [2.75, 3.05) is 0 Å². The molecule has 3 heterocycles. The Morgan fingerprint density at radius 3 is 1.05 bits per heavy atom. The summed E-state index contributed by atoms with van der Waals surface area (Å²) in [6.07, 6.45) is 92.6. The first-order valence-corrected chi connectivity index (χ1v) is 51.4. The normalized spacial score (nSPS) is 49.7. The van der Waals surface area contributed by atoms with E-state index in [0.29, 0.717) is 10.8 Å². The molecule has 0 bridgehead atoms. The summed E-state index contributed by atoms with van der Waals surface area (Å²) in [5.74, 6) is 23.2. The third-order valence-electron chi connectivity index (χ3n) is 42.2. The molecule has 602 valence electrons. The average molecular weight is 1460 g/mol. The molecule has 17 saturated carbocycles. The molecule has 23 atom stereocenters. The zero-order valence-corrected chi connectivity index (χ0v) is 71.3. The molecule has 0 amide bonds. The van der Waals surface area contributed by atoms with Crippen molar-refractivity contribution in [3.05, 3.63) is 0 Å². The summed E-state index contributed by atoms with van der Waals surface area (Å²) in [5, 5.41) is 0. The van der Waals surface area contributed by atoms with Gasteiger partial charge in [0.25, 0.3) is 0 Å². The maximum Gasteiger partial charge on any atom is 0.156 e. The van der Waals surface area contributed by atoms with Gasteiger partial charge in [0.2, 0.25) is 0 Å². The van der Waals surface area contributed by atoms with Crippen molar-refractivity contribution in [3.63, 3.8) is 0 Å². The van der Waals surface area contributed by atoms with Crippen LogP contribution in [-0.2, 0) is 0 Å². The van der Waals surface area contributed by atoms with Crippen LogP contribution >= 0.6 is 0 Å². The predicted molar refractivity (Wildman–Crippen MR) is 451 cm³/mol. The average Bonchev–Trinajstić information content (AvgIpc) is 0.888. The molecule has 23 unspecified atom stereocenters. The van der Waals surface area contributed by atoms with Crippen molar-refractivity contribution >= 4 is 6.71 Å². The molecule has 0 spiro atoms. The highest BCUT2D eigenvalue weighted by molar-refractivity contribution is 6.65. The van der Waals surface area contributed by atoms with Crippen LogP contribution in [0.25, 0.3) is 0 Å². The second-order valence-electron chi connectivity index (χ2n) is 48.2. The van der Waals surface area contributed by atoms with Gasteiger partial charge in [0.05, 0.1) is 0 Å². The van der Waals surface area contributed by atoms with Crippen LogP contribution in [0, 0.1) is 129 Å². The quantitative estimate of drug-likeness (QED) is 0.191. The van der Waals surface area contributed by atoms with Gasteiger partial charge in [-0.05, 0) is 352 Å². The number of nitrogens with zero attached hydrogens (tertiary/aromatic N) is 4. The fraction of sp³-hybridized carbons (Fsp3) is 1.00. The van der Waals surface area contributed by atoms with Crippen LogP contribution in [0.2, 0.25) is 17.5 Å². The molecule has 17 aliphatic carbocycles. The molecular weight excluding hydrogens is 1290 g/mol. The molecule has 0 N–H and O–H groups in total. The molecule has 0 aromatic heterocycles. The highest BCUT2D eigenvalue weighted by atomic mass is 15.3. The summed E-state index contributed by atoms with van der Waals surface area (Å²) in [6.45, 7) is 17.2. The van der Waals surface area contributed by atoms with E-state index in [1.54, 1.807) is 289 Å². The van der Waals surface area contributed by atoms with Crippen LogP contribution < -0.4 is 0 Å². The van der Waals surface area contributed by atoms with Gasteiger partial charge in [-0.15, -0.1) is 0 Å². The number of hydrogen-bond donors (Lipinski definition) is 0. The molecular formula is C102H171BN4. The SMILES string of the molecule is CC(C)(C)C1CC2CCC3CC(C(C)(C)C)CC4C(C5CCC6B7C8CCC(N9C%10CCCCC%10C%10CCCCC%109)CC8N(C8CCC(C9CCCCC9)CC8)C8CC(N(C9CCC(C%10CCCCC%10)CC9)C9CCC(C%10CCCCC%10)CC9)CC(C78)N(C7CCC(C8CCCCC8)CC7)C6C5)CC(C1)C2C34. The molecule has 20 fully saturated rings. The molecule has 107 heavy (non-hydrogen) atoms. The summed E-state index contributed by atoms with van der Waals surface area (Å²) in [7, 11) is 0. The van der Waals surface area contributed by atoms with Gasteiger partial charge in [-0.1, -0.05) is 215 Å². The van der Waals surface area contributed by atoms with Gasteiger partial charge in [-0.25, -0.2) is 0 Å². The summed E-state index contributed by atoms with van der Waals surface area (Å²) < 4.78 is 0. The van der Waals surface area contributed by atoms with Crippen molar-refractivity contribution < 1.29 is 0 Å². The second-order valence-corrected chi connectivity index (χ2v) is 48.2. The van der Waals surface area contributed by atoms with Crippen LogP contribution in [0.3, 0.4) is 0 Å². The van der Waals surface area contributed by atoms with E-state index in [0.717, 1.165) is 215 Å². The standard InChI is InChI=1S/C102H171BN4/c1-101(2,3)78-57-75-35-36-76-58-79(102(4,5)6)62-89-88(60-77(59-78)98(75)99(76)89)74-45-55-90-94(61-74)105(82-50-41-72(42-51-82)68-27-15-9-16-28-68)96-64-85(104(80-46-37-70(38-47-80)66-23-11-7-12-24-66)81-48-39-71(40-49-81)67-25-13-8-14-26-67)65-97-100(96)103(90)91-56-54-84(107-92-33-21-19-31-86(92)87-32-20-22-34-93(87)107)63-95(91)106(97)83-52-43-73(44-53-83)69-29-17-10-18-30-69/h66-100H,7-65H2,1-6H3. The molecule has 0 radical (unpaired) electrons. The van der Waals surface area contributed by atoms with Crippen molar-refractivity contribution in [1.29, 1.82) is 0 Å². The minimum absolute atomic E-state index is 0.436. The number of likely N-dealkylation sites (tertiary alicyclic amines) is 1. The van der Waals surface area contributed by atoms with Gasteiger partial charge in [0.15, 0.2) is 6.71 Å². The molecule has 4 nitrogen and oxygen atoms in total. The van der Waals surface area contributed by atoms with Crippen LogP contribution in [0.4, 0.5) is 0 Å². The first-order chi connectivity index (χ1) is 52.3. The minimum Gasteiger partial charge on any atom is -0.295 e. The maximum absolute atomic E-state index is 3.85. The van der Waals surface area contributed by atoms with Gasteiger partial charge < -0.3 is 0 Å². The lowest BCUT2D eigenvalue weighted by Crippen LogP contribution is -2.76. The lowest BCUT2D eigenvalue weighted by Gasteiger charge is -2.71. The predicted octanol–water partition coefficient (Wildman–Crippen LogP) is 26.9. The molecule has 20 rings (SSSR count). The molecule has 5 heteroatoms. The highest BCUT2D eigenvalue weighted by Crippen LogP contribution is 2.70. The van der Waals surface area contributed by atoms with Crippen LogP contribution in [-0.4, -0.2) is 98.8 Å². The first kappa shape index (κ1) is 75.6. The third kappa shape index (κ3) is 14.5. The van der Waals surface area contributed by atoms with E-state index in [4.69, 9.17) is 0 Å². The van der Waals surface area contributed by atoms with E-state index >= 15 is 0 Å². The Labute approximate surface area is 661 Å². The Morgan fingerprint density at radius 1 is 0.224 bits per heavy atom. The van der Waals surface area contributed by atoms with E-state index in [9.17, 15) is 0 Å². The van der Waals surface area contributed by atoms with E-state index in [1.165, 1.54) is 89.9 Å². The van der Waals surface area contributed by atoms with Gasteiger partial charge in [-0.3, -0.25) is 19.6 Å². The van der Waals surface area contributed by atoms with Crippen molar-refractivity contribution in [1.82, 2.24) is 19.6 Å². The Bertz CT molecular complexity index is 2790. The van der Waals surface area contributed by atoms with E-state index < -0.39 is 0 Å². The van der Waals surface area contributed by atoms with Gasteiger partial charge in [0.1, 0.15) is 0 Å². The van der Waals surface area contributed by atoms with Gasteiger partial charge in [0, 0.05) is 72.5 Å². The maximum atomic E-state index is 3.85.